The second-order valence-corrected chi connectivity index (χ2v) is 5.39. The lowest BCUT2D eigenvalue weighted by Crippen LogP contribution is -2.17. The van der Waals surface area contributed by atoms with E-state index < -0.39 is 17.9 Å². The minimum Gasteiger partial charge on any atom is -0.478 e. The van der Waals surface area contributed by atoms with Crippen molar-refractivity contribution in [1.82, 2.24) is 0 Å². The molecule has 0 amide bonds. The molecule has 0 saturated heterocycles. The van der Waals surface area contributed by atoms with Crippen molar-refractivity contribution >= 4 is 17.9 Å². The molecule has 0 fully saturated rings. The third-order valence-corrected chi connectivity index (χ3v) is 3.71. The second-order valence-electron chi connectivity index (χ2n) is 5.39. The average Bonchev–Trinajstić information content (AvgIpc) is 2.54. The molecule has 1 rings (SSSR count). The zero-order valence-electron chi connectivity index (χ0n) is 13.4. The van der Waals surface area contributed by atoms with E-state index in [0.717, 1.165) is 43.9 Å². The van der Waals surface area contributed by atoms with Crippen LogP contribution in [-0.4, -0.2) is 34.7 Å². The van der Waals surface area contributed by atoms with Crippen LogP contribution in [0.15, 0.2) is 18.2 Å². The van der Waals surface area contributed by atoms with E-state index in [2.05, 4.69) is 6.92 Å². The molecule has 0 aliphatic carbocycles. The van der Waals surface area contributed by atoms with Crippen LogP contribution in [0.1, 0.15) is 70.6 Å². The van der Waals surface area contributed by atoms with E-state index in [4.69, 9.17) is 14.9 Å². The number of hydrogen-bond donors (Lipinski definition) is 2. The Bertz CT molecular complexity index is 578. The van der Waals surface area contributed by atoms with Crippen molar-refractivity contribution in [2.45, 2.75) is 39.5 Å². The van der Waals surface area contributed by atoms with E-state index in [-0.39, 0.29) is 29.2 Å². The maximum absolute atomic E-state index is 12.2. The van der Waals surface area contributed by atoms with Gasteiger partial charge in [-0.1, -0.05) is 33.1 Å². The molecule has 0 radical (unpaired) electrons. The van der Waals surface area contributed by atoms with Crippen LogP contribution in [0.25, 0.3) is 0 Å². The highest BCUT2D eigenvalue weighted by atomic mass is 16.5. The van der Waals surface area contributed by atoms with Crippen LogP contribution >= 0.6 is 0 Å². The number of carboxylic acid groups (broad SMARTS) is 2. The summed E-state index contributed by atoms with van der Waals surface area (Å²) in [6, 6.07) is 3.30. The van der Waals surface area contributed by atoms with Crippen LogP contribution in [0.3, 0.4) is 0 Å². The Morgan fingerprint density at radius 2 is 1.78 bits per heavy atom. The fourth-order valence-electron chi connectivity index (χ4n) is 2.20. The van der Waals surface area contributed by atoms with Gasteiger partial charge in [0.2, 0.25) is 0 Å². The summed E-state index contributed by atoms with van der Waals surface area (Å²) in [6.07, 6.45) is 3.87. The van der Waals surface area contributed by atoms with Gasteiger partial charge in [-0.15, -0.1) is 0 Å². The molecule has 2 N–H and O–H groups in total. The molecule has 0 aliphatic heterocycles. The van der Waals surface area contributed by atoms with Gasteiger partial charge in [0.25, 0.3) is 0 Å². The number of rotatable bonds is 9. The number of aromatic carboxylic acids is 2. The molecule has 0 aromatic heterocycles. The van der Waals surface area contributed by atoms with Gasteiger partial charge < -0.3 is 14.9 Å². The highest BCUT2D eigenvalue weighted by molar-refractivity contribution is 6.04. The van der Waals surface area contributed by atoms with E-state index >= 15 is 0 Å². The first-order valence-corrected chi connectivity index (χ1v) is 7.68. The molecule has 0 heterocycles. The van der Waals surface area contributed by atoms with Crippen molar-refractivity contribution in [1.29, 1.82) is 0 Å². The summed E-state index contributed by atoms with van der Waals surface area (Å²) in [5.74, 6) is -3.12. The molecular weight excluding hydrogens is 300 g/mol. The highest BCUT2D eigenvalue weighted by Gasteiger charge is 2.21. The number of ether oxygens (including phenoxy) is 1. The Kier molecular flexibility index (Phi) is 7.25. The SMILES string of the molecule is CCCCC(CC)COC(=O)c1cc(C(=O)O)ccc1C(=O)O. The van der Waals surface area contributed by atoms with E-state index in [1.54, 1.807) is 0 Å². The topological polar surface area (TPSA) is 101 Å². The summed E-state index contributed by atoms with van der Waals surface area (Å²) in [5.41, 5.74) is -0.649. The lowest BCUT2D eigenvalue weighted by molar-refractivity contribution is 0.0420. The molecule has 1 aromatic carbocycles. The van der Waals surface area contributed by atoms with Gasteiger partial charge in [-0.3, -0.25) is 0 Å². The Labute approximate surface area is 135 Å². The molecule has 6 heteroatoms. The summed E-state index contributed by atoms with van der Waals surface area (Å²) in [6.45, 7) is 4.28. The van der Waals surface area contributed by atoms with Gasteiger partial charge >= 0.3 is 17.9 Å². The van der Waals surface area contributed by atoms with Gasteiger partial charge in [0, 0.05) is 0 Å². The van der Waals surface area contributed by atoms with E-state index in [9.17, 15) is 14.4 Å². The number of benzene rings is 1. The van der Waals surface area contributed by atoms with Crippen molar-refractivity contribution in [3.05, 3.63) is 34.9 Å². The first-order valence-electron chi connectivity index (χ1n) is 7.68. The van der Waals surface area contributed by atoms with Gasteiger partial charge in [0.05, 0.1) is 23.3 Å². The van der Waals surface area contributed by atoms with Crippen LogP contribution in [0.5, 0.6) is 0 Å². The molecule has 23 heavy (non-hydrogen) atoms. The molecular formula is C17H22O6. The van der Waals surface area contributed by atoms with E-state index in [0.29, 0.717) is 0 Å². The number of esters is 1. The first-order chi connectivity index (χ1) is 10.9. The molecule has 126 valence electrons. The van der Waals surface area contributed by atoms with Gasteiger partial charge in [0.1, 0.15) is 0 Å². The third-order valence-electron chi connectivity index (χ3n) is 3.71. The number of unbranched alkanes of at least 4 members (excludes halogenated alkanes) is 1. The zero-order chi connectivity index (χ0) is 17.4. The molecule has 1 atom stereocenters. The number of hydrogen-bond acceptors (Lipinski definition) is 4. The van der Waals surface area contributed by atoms with Crippen LogP contribution in [-0.2, 0) is 4.74 Å². The monoisotopic (exact) mass is 322 g/mol. The largest absolute Gasteiger partial charge is 0.478 e. The average molecular weight is 322 g/mol. The van der Waals surface area contributed by atoms with Crippen molar-refractivity contribution in [3.63, 3.8) is 0 Å². The van der Waals surface area contributed by atoms with Crippen LogP contribution in [0, 0.1) is 5.92 Å². The molecule has 0 saturated carbocycles. The van der Waals surface area contributed by atoms with Crippen molar-refractivity contribution in [3.8, 4) is 0 Å². The molecule has 6 nitrogen and oxygen atoms in total. The maximum atomic E-state index is 12.2. The van der Waals surface area contributed by atoms with Gasteiger partial charge in [-0.25, -0.2) is 14.4 Å². The fraction of sp³-hybridized carbons (Fsp3) is 0.471. The number of carbonyl (C=O) groups is 3. The Morgan fingerprint density at radius 1 is 1.09 bits per heavy atom. The Balaban J connectivity index is 2.90. The summed E-state index contributed by atoms with van der Waals surface area (Å²) >= 11 is 0. The van der Waals surface area contributed by atoms with E-state index in [1.807, 2.05) is 6.92 Å². The fourth-order valence-corrected chi connectivity index (χ4v) is 2.20. The Hall–Kier alpha value is -2.37. The van der Waals surface area contributed by atoms with Gasteiger partial charge in [-0.05, 0) is 30.5 Å². The van der Waals surface area contributed by atoms with Crippen molar-refractivity contribution in [2.24, 2.45) is 5.92 Å². The Morgan fingerprint density at radius 3 is 2.30 bits per heavy atom. The quantitative estimate of drug-likeness (QED) is 0.675. The highest BCUT2D eigenvalue weighted by Crippen LogP contribution is 2.17. The summed E-state index contributed by atoms with van der Waals surface area (Å²) < 4.78 is 5.21. The van der Waals surface area contributed by atoms with Crippen LogP contribution in [0.2, 0.25) is 0 Å². The molecule has 1 unspecified atom stereocenters. The summed E-state index contributed by atoms with van der Waals surface area (Å²) in [5, 5.41) is 18.1. The van der Waals surface area contributed by atoms with E-state index in [1.165, 1.54) is 0 Å². The lowest BCUT2D eigenvalue weighted by Gasteiger charge is -2.15. The predicted molar refractivity (Wildman–Crippen MR) is 83.9 cm³/mol. The normalized spacial score (nSPS) is 11.7. The van der Waals surface area contributed by atoms with Crippen LogP contribution < -0.4 is 0 Å². The van der Waals surface area contributed by atoms with Crippen molar-refractivity contribution in [2.75, 3.05) is 6.61 Å². The summed E-state index contributed by atoms with van der Waals surface area (Å²) in [7, 11) is 0. The lowest BCUT2D eigenvalue weighted by atomic mass is 10.0. The smallest absolute Gasteiger partial charge is 0.339 e. The zero-order valence-corrected chi connectivity index (χ0v) is 13.4. The molecule has 0 aliphatic rings. The van der Waals surface area contributed by atoms with Crippen LogP contribution in [0.4, 0.5) is 0 Å². The molecule has 1 aromatic rings. The number of carbonyl (C=O) groups excluding carboxylic acids is 1. The maximum Gasteiger partial charge on any atom is 0.339 e. The first kappa shape index (κ1) is 18.7. The van der Waals surface area contributed by atoms with Gasteiger partial charge in [0.15, 0.2) is 0 Å². The minimum atomic E-state index is -1.30. The van der Waals surface area contributed by atoms with Crippen molar-refractivity contribution < 1.29 is 29.3 Å². The number of carboxylic acids is 2. The predicted octanol–water partition coefficient (Wildman–Crippen LogP) is 3.46. The molecule has 0 bridgehead atoms. The minimum absolute atomic E-state index is 0.153. The third kappa shape index (κ3) is 5.39. The summed E-state index contributed by atoms with van der Waals surface area (Å²) in [4.78, 5) is 34.3. The van der Waals surface area contributed by atoms with Gasteiger partial charge in [-0.2, -0.15) is 0 Å². The molecule has 0 spiro atoms. The second kappa shape index (κ2) is 8.92. The standard InChI is InChI=1S/C17H22O6/c1-3-5-6-11(4-2)10-23-17(22)14-9-12(15(18)19)7-8-13(14)16(20)21/h7-9,11H,3-6,10H2,1-2H3,(H,18,19)(H,20,21).